The highest BCUT2D eigenvalue weighted by Gasteiger charge is 2.42. The molecule has 1 atom stereocenters. The summed E-state index contributed by atoms with van der Waals surface area (Å²) in [4.78, 5) is -0.197. The lowest BCUT2D eigenvalue weighted by atomic mass is 9.87. The normalized spacial score (nSPS) is 21.9. The van der Waals surface area contributed by atoms with Crippen LogP contribution >= 0.6 is 11.8 Å². The number of halogens is 4. The molecule has 154 valence electrons. The lowest BCUT2D eigenvalue weighted by Gasteiger charge is -2.28. The number of allylic oxidation sites excluding steroid dienone is 3. The Bertz CT molecular complexity index is 1160. The molecule has 0 spiro atoms. The number of hydrogen-bond acceptors (Lipinski definition) is 4. The number of nitrogens with two attached hydrogens (primary N) is 1. The van der Waals surface area contributed by atoms with E-state index >= 15 is 0 Å². The van der Waals surface area contributed by atoms with Crippen LogP contribution in [-0.2, 0) is 16.2 Å². The van der Waals surface area contributed by atoms with Gasteiger partial charge in [-0.1, -0.05) is 6.08 Å². The highest BCUT2D eigenvalue weighted by atomic mass is 32.2. The Hall–Kier alpha value is -2.11. The van der Waals surface area contributed by atoms with Gasteiger partial charge >= 0.3 is 6.18 Å². The number of thioether (sulfide) groups is 1. The summed E-state index contributed by atoms with van der Waals surface area (Å²) in [7, 11) is -3.95. The fourth-order valence-corrected chi connectivity index (χ4v) is 5.12. The second-order valence-electron chi connectivity index (χ2n) is 7.07. The first-order valence-corrected chi connectivity index (χ1v) is 11.0. The zero-order valence-corrected chi connectivity index (χ0v) is 16.6. The second-order valence-corrected chi connectivity index (χ2v) is 9.62. The van der Waals surface area contributed by atoms with Gasteiger partial charge in [0.25, 0.3) is 0 Å². The number of hydrogen-bond donors (Lipinski definition) is 1. The molecule has 11 heteroatoms. The summed E-state index contributed by atoms with van der Waals surface area (Å²) in [5, 5.41) is 8.86. The Morgan fingerprint density at radius 2 is 1.90 bits per heavy atom. The van der Waals surface area contributed by atoms with Crippen molar-refractivity contribution in [1.29, 1.82) is 0 Å². The molecule has 1 aromatic carbocycles. The van der Waals surface area contributed by atoms with Crippen LogP contribution in [0.15, 0.2) is 51.8 Å². The van der Waals surface area contributed by atoms with E-state index in [9.17, 15) is 26.0 Å². The molecule has 29 heavy (non-hydrogen) atoms. The van der Waals surface area contributed by atoms with Crippen molar-refractivity contribution in [2.24, 2.45) is 5.14 Å². The minimum atomic E-state index is -4.67. The predicted octanol–water partition coefficient (Wildman–Crippen LogP) is 4.09. The third kappa shape index (κ3) is 3.62. The van der Waals surface area contributed by atoms with Gasteiger partial charge in [0, 0.05) is 17.7 Å². The van der Waals surface area contributed by atoms with Crippen molar-refractivity contribution in [2.45, 2.75) is 35.0 Å². The van der Waals surface area contributed by atoms with Crippen molar-refractivity contribution in [1.82, 2.24) is 9.78 Å². The molecule has 1 aliphatic heterocycles. The predicted molar refractivity (Wildman–Crippen MR) is 101 cm³/mol. The van der Waals surface area contributed by atoms with Crippen molar-refractivity contribution in [3.63, 3.8) is 0 Å². The van der Waals surface area contributed by atoms with Crippen LogP contribution in [0.3, 0.4) is 0 Å². The van der Waals surface area contributed by atoms with Crippen LogP contribution in [0.2, 0.25) is 0 Å². The van der Waals surface area contributed by atoms with Crippen LogP contribution < -0.4 is 5.14 Å². The van der Waals surface area contributed by atoms with Crippen molar-refractivity contribution in [3.05, 3.63) is 53.4 Å². The van der Waals surface area contributed by atoms with Gasteiger partial charge in [-0.2, -0.15) is 18.3 Å². The Morgan fingerprint density at radius 1 is 1.24 bits per heavy atom. The van der Waals surface area contributed by atoms with Crippen molar-refractivity contribution < 1.29 is 26.0 Å². The maximum absolute atomic E-state index is 14.4. The van der Waals surface area contributed by atoms with E-state index in [1.54, 1.807) is 0 Å². The quantitative estimate of drug-likeness (QED) is 0.707. The van der Waals surface area contributed by atoms with Crippen LogP contribution in [0.25, 0.3) is 11.3 Å². The monoisotopic (exact) mass is 445 g/mol. The van der Waals surface area contributed by atoms with Gasteiger partial charge < -0.3 is 0 Å². The minimum absolute atomic E-state index is 0.0288. The molecule has 0 radical (unpaired) electrons. The minimum Gasteiger partial charge on any atom is -0.239 e. The standard InChI is InChI=1S/C18H15F4N3O2S2/c1-17(19)7-6-13-10(8-17)9-28-15-14(13)25(24-16(15)18(20,21)22)11-2-4-12(5-3-11)29(23,26)27/h2-7H,8-9H2,1H3,(H2,23,26,27). The number of sulfonamides is 1. The van der Waals surface area contributed by atoms with Gasteiger partial charge in [0.15, 0.2) is 5.69 Å². The van der Waals surface area contributed by atoms with Gasteiger partial charge in [-0.05, 0) is 42.8 Å². The van der Waals surface area contributed by atoms with Gasteiger partial charge in [0.2, 0.25) is 10.0 Å². The molecule has 0 saturated carbocycles. The average molecular weight is 445 g/mol. The van der Waals surface area contributed by atoms with Crippen LogP contribution in [0, 0.1) is 0 Å². The molecule has 5 nitrogen and oxygen atoms in total. The van der Waals surface area contributed by atoms with Crippen LogP contribution in [-0.4, -0.2) is 29.6 Å². The van der Waals surface area contributed by atoms with E-state index in [0.29, 0.717) is 11.1 Å². The Balaban J connectivity index is 1.92. The number of rotatable bonds is 2. The van der Waals surface area contributed by atoms with E-state index in [1.165, 1.54) is 43.3 Å². The largest absolute Gasteiger partial charge is 0.436 e. The molecule has 2 aromatic rings. The number of benzene rings is 1. The molecule has 2 aliphatic rings. The highest BCUT2D eigenvalue weighted by molar-refractivity contribution is 7.99. The van der Waals surface area contributed by atoms with Gasteiger partial charge in [-0.3, -0.25) is 0 Å². The third-order valence-electron chi connectivity index (χ3n) is 4.70. The fraction of sp³-hybridized carbons (Fsp3) is 0.278. The summed E-state index contributed by atoms with van der Waals surface area (Å²) in [6, 6.07) is 5.07. The molecule has 0 fully saturated rings. The first-order valence-electron chi connectivity index (χ1n) is 8.44. The molecule has 4 rings (SSSR count). The maximum atomic E-state index is 14.4. The summed E-state index contributed by atoms with van der Waals surface area (Å²) in [5.41, 5.74) is -0.926. The number of primary sulfonamides is 1. The zero-order chi connectivity index (χ0) is 21.2. The van der Waals surface area contributed by atoms with Gasteiger partial charge in [-0.15, -0.1) is 11.8 Å². The topological polar surface area (TPSA) is 78.0 Å². The maximum Gasteiger partial charge on any atom is 0.436 e. The summed E-state index contributed by atoms with van der Waals surface area (Å²) in [6.07, 6.45) is -1.76. The average Bonchev–Trinajstić information content (AvgIpc) is 3.00. The summed E-state index contributed by atoms with van der Waals surface area (Å²) in [6.45, 7) is 1.41. The molecule has 1 aromatic heterocycles. The molecule has 1 aliphatic carbocycles. The first kappa shape index (κ1) is 20.2. The molecule has 0 bridgehead atoms. The fourth-order valence-electron chi connectivity index (χ4n) is 3.41. The van der Waals surface area contributed by atoms with E-state index in [1.807, 2.05) is 0 Å². The summed E-state index contributed by atoms with van der Waals surface area (Å²) >= 11 is 0.974. The van der Waals surface area contributed by atoms with Crippen molar-refractivity contribution >= 4 is 27.4 Å². The third-order valence-corrected chi connectivity index (χ3v) is 6.80. The first-order chi connectivity index (χ1) is 13.4. The van der Waals surface area contributed by atoms with Gasteiger partial charge in [-0.25, -0.2) is 22.6 Å². The molecular formula is C18H15F4N3O2S2. The summed E-state index contributed by atoms with van der Waals surface area (Å²) < 4.78 is 79.2. The Kier molecular flexibility index (Phi) is 4.48. The van der Waals surface area contributed by atoms with E-state index in [-0.39, 0.29) is 33.3 Å². The van der Waals surface area contributed by atoms with Crippen LogP contribution in [0.4, 0.5) is 17.6 Å². The van der Waals surface area contributed by atoms with Crippen molar-refractivity contribution in [3.8, 4) is 5.69 Å². The lowest BCUT2D eigenvalue weighted by molar-refractivity contribution is -0.143. The van der Waals surface area contributed by atoms with E-state index in [4.69, 9.17) is 5.14 Å². The number of alkyl halides is 4. The molecule has 0 saturated heterocycles. The number of fused-ring (bicyclic) bond motifs is 2. The smallest absolute Gasteiger partial charge is 0.239 e. The molecular weight excluding hydrogens is 430 g/mol. The Morgan fingerprint density at radius 3 is 2.48 bits per heavy atom. The van der Waals surface area contributed by atoms with Gasteiger partial charge in [0.1, 0.15) is 5.67 Å². The van der Waals surface area contributed by atoms with Crippen LogP contribution in [0.1, 0.15) is 24.7 Å². The van der Waals surface area contributed by atoms with E-state index in [2.05, 4.69) is 5.10 Å². The van der Waals surface area contributed by atoms with Crippen molar-refractivity contribution in [2.75, 3.05) is 5.75 Å². The zero-order valence-electron chi connectivity index (χ0n) is 15.0. The van der Waals surface area contributed by atoms with E-state index in [0.717, 1.165) is 16.4 Å². The lowest BCUT2D eigenvalue weighted by Crippen LogP contribution is -2.22. The second kappa shape index (κ2) is 6.44. The summed E-state index contributed by atoms with van der Waals surface area (Å²) in [5.74, 6) is 0.241. The van der Waals surface area contributed by atoms with Crippen LogP contribution in [0.5, 0.6) is 0 Å². The SMILES string of the molecule is CC1(F)C=CC2=C(CSc3c(C(F)(F)F)nn(-c4ccc(S(N)(=O)=O)cc4)c32)C1. The molecule has 2 N–H and O–H groups in total. The molecule has 2 heterocycles. The molecule has 0 amide bonds. The van der Waals surface area contributed by atoms with Gasteiger partial charge in [0.05, 0.1) is 21.2 Å². The molecule has 1 unspecified atom stereocenters. The Labute approximate surface area is 168 Å². The number of nitrogens with zero attached hydrogens (tertiary/aromatic N) is 2. The number of aromatic nitrogens is 2. The van der Waals surface area contributed by atoms with E-state index < -0.39 is 27.6 Å². The highest BCUT2D eigenvalue weighted by Crippen LogP contribution is 2.49.